The number of carbonyl (C=O) groups excluding carboxylic acids is 1. The molecule has 132 valence electrons. The summed E-state index contributed by atoms with van der Waals surface area (Å²) in [5.74, 6) is 0.269. The highest BCUT2D eigenvalue weighted by molar-refractivity contribution is 5.92. The molecule has 0 atom stereocenters. The monoisotopic (exact) mass is 340 g/mol. The molecule has 25 heavy (non-hydrogen) atoms. The summed E-state index contributed by atoms with van der Waals surface area (Å²) in [6, 6.07) is 12.3. The summed E-state index contributed by atoms with van der Waals surface area (Å²) in [7, 11) is 0. The number of piperidine rings is 1. The molecule has 1 N–H and O–H groups in total. The maximum Gasteiger partial charge on any atom is 0.270 e. The highest BCUT2D eigenvalue weighted by atomic mass is 16.5. The summed E-state index contributed by atoms with van der Waals surface area (Å²) in [5, 5.41) is 3.08. The predicted molar refractivity (Wildman–Crippen MR) is 95.4 cm³/mol. The van der Waals surface area contributed by atoms with Crippen molar-refractivity contribution in [3.05, 3.63) is 54.0 Å². The molecule has 0 saturated carbocycles. The van der Waals surface area contributed by atoms with E-state index in [1.165, 1.54) is 11.9 Å². The Balaban J connectivity index is 1.48. The van der Waals surface area contributed by atoms with Gasteiger partial charge in [-0.1, -0.05) is 30.3 Å². The number of nitrogens with one attached hydrogen (secondary N) is 1. The van der Waals surface area contributed by atoms with Crippen LogP contribution in [0.5, 0.6) is 5.88 Å². The normalized spacial score (nSPS) is 15.7. The summed E-state index contributed by atoms with van der Waals surface area (Å²) in [6.45, 7) is 5.32. The number of nitrogens with zero attached hydrogens (tertiary/aromatic N) is 3. The van der Waals surface area contributed by atoms with Gasteiger partial charge in [-0.2, -0.15) is 0 Å². The van der Waals surface area contributed by atoms with E-state index in [1.54, 1.807) is 6.07 Å². The molecule has 1 amide bonds. The van der Waals surface area contributed by atoms with Gasteiger partial charge in [-0.25, -0.2) is 9.97 Å². The molecule has 0 spiro atoms. The number of ether oxygens (including phenoxy) is 1. The minimum atomic E-state index is -0.162. The minimum Gasteiger partial charge on any atom is -0.478 e. The molecule has 2 aromatic rings. The second-order valence-electron chi connectivity index (χ2n) is 6.18. The zero-order valence-electron chi connectivity index (χ0n) is 14.5. The number of hydrogen-bond acceptors (Lipinski definition) is 5. The van der Waals surface area contributed by atoms with Gasteiger partial charge >= 0.3 is 0 Å². The summed E-state index contributed by atoms with van der Waals surface area (Å²) in [4.78, 5) is 22.8. The molecule has 6 nitrogen and oxygen atoms in total. The lowest BCUT2D eigenvalue weighted by atomic mass is 10.0. The Morgan fingerprint density at radius 2 is 2.00 bits per heavy atom. The molecule has 1 aliphatic heterocycles. The fourth-order valence-electron chi connectivity index (χ4n) is 3.03. The molecule has 6 heteroatoms. The van der Waals surface area contributed by atoms with Gasteiger partial charge in [0, 0.05) is 31.7 Å². The fourth-order valence-corrected chi connectivity index (χ4v) is 3.03. The molecular formula is C19H24N4O2. The van der Waals surface area contributed by atoms with Gasteiger partial charge in [-0.3, -0.25) is 9.69 Å². The first-order chi connectivity index (χ1) is 12.2. The Morgan fingerprint density at radius 1 is 1.24 bits per heavy atom. The molecular weight excluding hydrogens is 316 g/mol. The highest BCUT2D eigenvalue weighted by Gasteiger charge is 2.21. The van der Waals surface area contributed by atoms with Crippen LogP contribution in [0.2, 0.25) is 0 Å². The summed E-state index contributed by atoms with van der Waals surface area (Å²) >= 11 is 0. The minimum absolute atomic E-state index is 0.162. The zero-order valence-corrected chi connectivity index (χ0v) is 14.5. The number of likely N-dealkylation sites (tertiary alicyclic amines) is 1. The number of rotatable bonds is 6. The molecule has 0 unspecified atom stereocenters. The lowest BCUT2D eigenvalue weighted by Gasteiger charge is -2.32. The van der Waals surface area contributed by atoms with Gasteiger partial charge in [0.1, 0.15) is 12.0 Å². The van der Waals surface area contributed by atoms with E-state index >= 15 is 0 Å². The standard InChI is InChI=1S/C19H24N4O2/c1-2-25-18-12-17(20-14-21-18)19(24)22-16-8-10-23(11-9-16)13-15-6-4-3-5-7-15/h3-7,12,14,16H,2,8-11,13H2,1H3,(H,22,24). The van der Waals surface area contributed by atoms with Crippen molar-refractivity contribution in [2.24, 2.45) is 0 Å². The van der Waals surface area contributed by atoms with Crippen LogP contribution in [0.25, 0.3) is 0 Å². The van der Waals surface area contributed by atoms with Crippen LogP contribution in [0.3, 0.4) is 0 Å². The maximum atomic E-state index is 12.4. The van der Waals surface area contributed by atoms with Crippen LogP contribution in [0.1, 0.15) is 35.8 Å². The Bertz CT molecular complexity index is 685. The molecule has 0 radical (unpaired) electrons. The third-order valence-electron chi connectivity index (χ3n) is 4.34. The van der Waals surface area contributed by atoms with Crippen molar-refractivity contribution in [3.8, 4) is 5.88 Å². The Labute approximate surface area is 148 Å². The maximum absolute atomic E-state index is 12.4. The molecule has 1 aliphatic rings. The van der Waals surface area contributed by atoms with E-state index < -0.39 is 0 Å². The van der Waals surface area contributed by atoms with Gasteiger partial charge in [-0.15, -0.1) is 0 Å². The first-order valence-electron chi connectivity index (χ1n) is 8.76. The second kappa shape index (κ2) is 8.58. The molecule has 2 heterocycles. The largest absolute Gasteiger partial charge is 0.478 e. The van der Waals surface area contributed by atoms with Crippen LogP contribution in [-0.2, 0) is 6.54 Å². The number of hydrogen-bond donors (Lipinski definition) is 1. The van der Waals surface area contributed by atoms with Crippen molar-refractivity contribution in [2.75, 3.05) is 19.7 Å². The molecule has 1 aromatic carbocycles. The van der Waals surface area contributed by atoms with Crippen LogP contribution in [0.4, 0.5) is 0 Å². The first-order valence-corrected chi connectivity index (χ1v) is 8.76. The van der Waals surface area contributed by atoms with E-state index in [0.717, 1.165) is 32.5 Å². The number of benzene rings is 1. The summed E-state index contributed by atoms with van der Waals surface area (Å²) < 4.78 is 5.32. The average molecular weight is 340 g/mol. The second-order valence-corrected chi connectivity index (χ2v) is 6.18. The molecule has 3 rings (SSSR count). The van der Waals surface area contributed by atoms with E-state index in [4.69, 9.17) is 4.74 Å². The van der Waals surface area contributed by atoms with Gasteiger partial charge in [0.2, 0.25) is 5.88 Å². The smallest absolute Gasteiger partial charge is 0.270 e. The van der Waals surface area contributed by atoms with Gasteiger partial charge < -0.3 is 10.1 Å². The molecule has 1 aromatic heterocycles. The van der Waals surface area contributed by atoms with E-state index in [1.807, 2.05) is 13.0 Å². The Morgan fingerprint density at radius 3 is 2.72 bits per heavy atom. The van der Waals surface area contributed by atoms with Gasteiger partial charge in [-0.05, 0) is 25.3 Å². The van der Waals surface area contributed by atoms with Crippen molar-refractivity contribution in [1.29, 1.82) is 0 Å². The average Bonchev–Trinajstić information content (AvgIpc) is 2.65. The molecule has 0 bridgehead atoms. The molecule has 0 aliphatic carbocycles. The third-order valence-corrected chi connectivity index (χ3v) is 4.34. The van der Waals surface area contributed by atoms with Crippen molar-refractivity contribution in [3.63, 3.8) is 0 Å². The van der Waals surface area contributed by atoms with Gasteiger partial charge in [0.15, 0.2) is 0 Å². The van der Waals surface area contributed by atoms with Crippen molar-refractivity contribution < 1.29 is 9.53 Å². The lowest BCUT2D eigenvalue weighted by Crippen LogP contribution is -2.44. The quantitative estimate of drug-likeness (QED) is 0.874. The van der Waals surface area contributed by atoms with Crippen LogP contribution in [0.15, 0.2) is 42.7 Å². The summed E-state index contributed by atoms with van der Waals surface area (Å²) in [6.07, 6.45) is 3.26. The van der Waals surface area contributed by atoms with Crippen molar-refractivity contribution in [1.82, 2.24) is 20.2 Å². The Kier molecular flexibility index (Phi) is 5.95. The van der Waals surface area contributed by atoms with Crippen LogP contribution >= 0.6 is 0 Å². The first kappa shape index (κ1) is 17.4. The highest BCUT2D eigenvalue weighted by Crippen LogP contribution is 2.15. The molecule has 1 fully saturated rings. The SMILES string of the molecule is CCOc1cc(C(=O)NC2CCN(Cc3ccccc3)CC2)ncn1. The fraction of sp³-hybridized carbons (Fsp3) is 0.421. The topological polar surface area (TPSA) is 67.3 Å². The van der Waals surface area contributed by atoms with E-state index in [0.29, 0.717) is 18.2 Å². The van der Waals surface area contributed by atoms with Crippen LogP contribution in [0, 0.1) is 0 Å². The van der Waals surface area contributed by atoms with Crippen LogP contribution in [-0.4, -0.2) is 46.5 Å². The lowest BCUT2D eigenvalue weighted by molar-refractivity contribution is 0.0903. The van der Waals surface area contributed by atoms with E-state index in [9.17, 15) is 4.79 Å². The van der Waals surface area contributed by atoms with Gasteiger partial charge in [0.25, 0.3) is 5.91 Å². The number of aromatic nitrogens is 2. The van der Waals surface area contributed by atoms with E-state index in [2.05, 4.69) is 44.5 Å². The third kappa shape index (κ3) is 5.00. The van der Waals surface area contributed by atoms with E-state index in [-0.39, 0.29) is 11.9 Å². The van der Waals surface area contributed by atoms with Crippen molar-refractivity contribution >= 4 is 5.91 Å². The summed E-state index contributed by atoms with van der Waals surface area (Å²) in [5.41, 5.74) is 1.68. The number of carbonyl (C=O) groups is 1. The predicted octanol–water partition coefficient (Wildman–Crippen LogP) is 2.27. The van der Waals surface area contributed by atoms with Crippen LogP contribution < -0.4 is 10.1 Å². The van der Waals surface area contributed by atoms with Crippen molar-refractivity contribution in [2.45, 2.75) is 32.4 Å². The molecule has 1 saturated heterocycles. The Hall–Kier alpha value is -2.47. The van der Waals surface area contributed by atoms with Gasteiger partial charge in [0.05, 0.1) is 6.61 Å². The zero-order chi connectivity index (χ0) is 17.5. The number of amides is 1.